The van der Waals surface area contributed by atoms with Crippen molar-refractivity contribution in [2.24, 2.45) is 0 Å². The van der Waals surface area contributed by atoms with Gasteiger partial charge in [0.15, 0.2) is 5.03 Å². The first kappa shape index (κ1) is 14.0. The Morgan fingerprint density at radius 2 is 2.00 bits per heavy atom. The minimum atomic E-state index is -3.73. The van der Waals surface area contributed by atoms with Gasteiger partial charge < -0.3 is 5.11 Å². The Balaban J connectivity index is 2.12. The normalized spacial score (nSPS) is 11.7. The van der Waals surface area contributed by atoms with E-state index in [1.54, 1.807) is 24.3 Å². The Bertz CT molecular complexity index is 652. The van der Waals surface area contributed by atoms with Crippen molar-refractivity contribution in [3.63, 3.8) is 0 Å². The molecule has 1 aromatic carbocycles. The average molecular weight is 302 g/mol. The van der Waals surface area contributed by atoms with Gasteiger partial charge in [-0.15, -0.1) is 0 Å². The smallest absolute Gasteiger partial charge is 0.258 e. The van der Waals surface area contributed by atoms with Gasteiger partial charge >= 0.3 is 0 Å². The van der Waals surface area contributed by atoms with Crippen LogP contribution in [0.5, 0.6) is 0 Å². The summed E-state index contributed by atoms with van der Waals surface area (Å²) in [6.07, 6.45) is 1.27. The quantitative estimate of drug-likeness (QED) is 0.769. The molecular formula is C11H12ClN3O3S. The van der Waals surface area contributed by atoms with Gasteiger partial charge in [-0.25, -0.2) is 13.1 Å². The fraction of sp³-hybridized carbons (Fsp3) is 0.182. The minimum absolute atomic E-state index is 0.121. The predicted molar refractivity (Wildman–Crippen MR) is 70.0 cm³/mol. The van der Waals surface area contributed by atoms with Crippen LogP contribution in [0.15, 0.2) is 35.5 Å². The highest BCUT2D eigenvalue weighted by Gasteiger charge is 2.19. The Morgan fingerprint density at radius 1 is 1.32 bits per heavy atom. The second-order valence-electron chi connectivity index (χ2n) is 3.83. The molecule has 0 saturated carbocycles. The van der Waals surface area contributed by atoms with E-state index >= 15 is 0 Å². The van der Waals surface area contributed by atoms with E-state index in [1.165, 1.54) is 6.20 Å². The van der Waals surface area contributed by atoms with Gasteiger partial charge in [0.1, 0.15) is 0 Å². The second kappa shape index (κ2) is 5.70. The molecule has 0 aliphatic heterocycles. The molecule has 0 radical (unpaired) electrons. The lowest BCUT2D eigenvalue weighted by atomic mass is 10.2. The molecule has 2 aromatic rings. The zero-order chi connectivity index (χ0) is 13.9. The maximum atomic E-state index is 12.0. The molecule has 102 valence electrons. The molecule has 0 fully saturated rings. The summed E-state index contributed by atoms with van der Waals surface area (Å²) in [7, 11) is -3.73. The van der Waals surface area contributed by atoms with Crippen LogP contribution in [0.4, 0.5) is 0 Å². The molecule has 3 N–H and O–H groups in total. The first-order chi connectivity index (χ1) is 9.03. The number of hydrogen-bond donors (Lipinski definition) is 3. The largest absolute Gasteiger partial charge is 0.392 e. The molecule has 0 aliphatic rings. The van der Waals surface area contributed by atoms with Crippen LogP contribution in [-0.4, -0.2) is 23.7 Å². The van der Waals surface area contributed by atoms with Gasteiger partial charge in [-0.1, -0.05) is 23.7 Å². The van der Waals surface area contributed by atoms with Gasteiger partial charge in [0.25, 0.3) is 10.0 Å². The van der Waals surface area contributed by atoms with Gasteiger partial charge in [0.05, 0.1) is 12.8 Å². The third kappa shape index (κ3) is 3.32. The molecule has 0 bridgehead atoms. The van der Waals surface area contributed by atoms with Crippen LogP contribution < -0.4 is 4.72 Å². The van der Waals surface area contributed by atoms with E-state index in [0.29, 0.717) is 5.02 Å². The summed E-state index contributed by atoms with van der Waals surface area (Å²) in [6, 6.07) is 6.82. The maximum absolute atomic E-state index is 12.0. The predicted octanol–water partition coefficient (Wildman–Crippen LogP) is 1.03. The SMILES string of the molecule is O=S(=O)(NCc1ccc(Cl)cc1)c1[nH]ncc1CO. The monoisotopic (exact) mass is 301 g/mol. The Labute approximate surface area is 115 Å². The topological polar surface area (TPSA) is 95.1 Å². The zero-order valence-electron chi connectivity index (χ0n) is 9.80. The van der Waals surface area contributed by atoms with E-state index in [2.05, 4.69) is 14.9 Å². The van der Waals surface area contributed by atoms with Crippen molar-refractivity contribution in [1.82, 2.24) is 14.9 Å². The lowest BCUT2D eigenvalue weighted by Crippen LogP contribution is -2.24. The summed E-state index contributed by atoms with van der Waals surface area (Å²) >= 11 is 5.74. The number of aliphatic hydroxyl groups is 1. The fourth-order valence-electron chi connectivity index (χ4n) is 1.50. The van der Waals surface area contributed by atoms with Crippen molar-refractivity contribution in [2.75, 3.05) is 0 Å². The van der Waals surface area contributed by atoms with Crippen LogP contribution in [0.2, 0.25) is 5.02 Å². The third-order valence-electron chi connectivity index (χ3n) is 2.50. The number of aliphatic hydroxyl groups excluding tert-OH is 1. The molecule has 0 spiro atoms. The number of hydrogen-bond acceptors (Lipinski definition) is 4. The second-order valence-corrected chi connectivity index (χ2v) is 5.97. The Hall–Kier alpha value is -1.41. The number of aromatic amines is 1. The molecule has 0 saturated heterocycles. The number of sulfonamides is 1. The number of benzene rings is 1. The first-order valence-corrected chi connectivity index (χ1v) is 7.26. The van der Waals surface area contributed by atoms with Crippen LogP contribution in [0.25, 0.3) is 0 Å². The molecule has 0 atom stereocenters. The van der Waals surface area contributed by atoms with Gasteiger partial charge in [0, 0.05) is 17.1 Å². The molecule has 6 nitrogen and oxygen atoms in total. The number of rotatable bonds is 5. The van der Waals surface area contributed by atoms with Gasteiger partial charge in [-0.2, -0.15) is 5.10 Å². The number of H-pyrrole nitrogens is 1. The molecule has 19 heavy (non-hydrogen) atoms. The summed E-state index contributed by atoms with van der Waals surface area (Å²) in [5.41, 5.74) is 1.00. The van der Waals surface area contributed by atoms with E-state index in [0.717, 1.165) is 5.56 Å². The van der Waals surface area contributed by atoms with Crippen molar-refractivity contribution in [1.29, 1.82) is 0 Å². The molecule has 2 rings (SSSR count). The van der Waals surface area contributed by atoms with E-state index in [-0.39, 0.29) is 17.1 Å². The third-order valence-corrected chi connectivity index (χ3v) is 4.16. The molecule has 0 unspecified atom stereocenters. The van der Waals surface area contributed by atoms with Crippen LogP contribution in [-0.2, 0) is 23.2 Å². The highest BCUT2D eigenvalue weighted by Crippen LogP contribution is 2.13. The summed E-state index contributed by atoms with van der Waals surface area (Å²) in [6.45, 7) is -0.267. The highest BCUT2D eigenvalue weighted by atomic mass is 35.5. The molecule has 1 aromatic heterocycles. The van der Waals surface area contributed by atoms with Gasteiger partial charge in [-0.3, -0.25) is 5.10 Å². The molecule has 0 aliphatic carbocycles. The summed E-state index contributed by atoms with van der Waals surface area (Å²) < 4.78 is 26.4. The standard InChI is InChI=1S/C11H12ClN3O3S/c12-10-3-1-8(2-4-10)5-14-19(17,18)11-9(7-16)6-13-15-11/h1-4,6,14,16H,5,7H2,(H,13,15). The van der Waals surface area contributed by atoms with Crippen molar-refractivity contribution in [2.45, 2.75) is 18.2 Å². The van der Waals surface area contributed by atoms with E-state index in [1.807, 2.05) is 0 Å². The Kier molecular flexibility index (Phi) is 4.20. The van der Waals surface area contributed by atoms with Crippen LogP contribution in [0.3, 0.4) is 0 Å². The maximum Gasteiger partial charge on any atom is 0.258 e. The highest BCUT2D eigenvalue weighted by molar-refractivity contribution is 7.89. The summed E-state index contributed by atoms with van der Waals surface area (Å²) in [4.78, 5) is 0. The van der Waals surface area contributed by atoms with Crippen molar-refractivity contribution in [3.05, 3.63) is 46.6 Å². The van der Waals surface area contributed by atoms with Gasteiger partial charge in [-0.05, 0) is 17.7 Å². The van der Waals surface area contributed by atoms with E-state index in [9.17, 15) is 8.42 Å². The summed E-state index contributed by atoms with van der Waals surface area (Å²) in [5, 5.41) is 15.4. The zero-order valence-corrected chi connectivity index (χ0v) is 11.4. The van der Waals surface area contributed by atoms with Gasteiger partial charge in [0.2, 0.25) is 0 Å². The van der Waals surface area contributed by atoms with Crippen LogP contribution in [0.1, 0.15) is 11.1 Å². The van der Waals surface area contributed by atoms with Crippen LogP contribution >= 0.6 is 11.6 Å². The summed E-state index contributed by atoms with van der Waals surface area (Å²) in [5.74, 6) is 0. The number of nitrogens with one attached hydrogen (secondary N) is 2. The van der Waals surface area contributed by atoms with Crippen molar-refractivity contribution < 1.29 is 13.5 Å². The molecule has 8 heteroatoms. The lowest BCUT2D eigenvalue weighted by Gasteiger charge is -2.06. The number of halogens is 1. The van der Waals surface area contributed by atoms with Crippen LogP contribution in [0, 0.1) is 0 Å². The number of nitrogens with zero attached hydrogens (tertiary/aromatic N) is 1. The Morgan fingerprint density at radius 3 is 2.63 bits per heavy atom. The lowest BCUT2D eigenvalue weighted by molar-refractivity contribution is 0.278. The molecule has 0 amide bonds. The minimum Gasteiger partial charge on any atom is -0.392 e. The molecule has 1 heterocycles. The average Bonchev–Trinajstić information content (AvgIpc) is 2.87. The van der Waals surface area contributed by atoms with Crippen molar-refractivity contribution >= 4 is 21.6 Å². The van der Waals surface area contributed by atoms with E-state index < -0.39 is 16.6 Å². The molecular weight excluding hydrogens is 290 g/mol. The fourth-order valence-corrected chi connectivity index (χ4v) is 2.76. The first-order valence-electron chi connectivity index (χ1n) is 5.40. The number of aromatic nitrogens is 2. The van der Waals surface area contributed by atoms with Crippen molar-refractivity contribution in [3.8, 4) is 0 Å². The van der Waals surface area contributed by atoms with E-state index in [4.69, 9.17) is 16.7 Å².